The van der Waals surface area contributed by atoms with Crippen LogP contribution < -0.4 is 9.92 Å². The minimum atomic E-state index is -1.41. The van der Waals surface area contributed by atoms with Gasteiger partial charge in [-0.15, -0.1) is 0 Å². The summed E-state index contributed by atoms with van der Waals surface area (Å²) in [7, 11) is -1.41. The quantitative estimate of drug-likeness (QED) is 0.509. The van der Waals surface area contributed by atoms with Gasteiger partial charge in [-0.1, -0.05) is 25.8 Å². The van der Waals surface area contributed by atoms with Crippen LogP contribution in [0.3, 0.4) is 0 Å². The average molecular weight is 338 g/mol. The van der Waals surface area contributed by atoms with Gasteiger partial charge in [0.25, 0.3) is 0 Å². The van der Waals surface area contributed by atoms with Crippen LogP contribution in [-0.4, -0.2) is 28.3 Å². The van der Waals surface area contributed by atoms with Crippen LogP contribution >= 0.6 is 0 Å². The summed E-state index contributed by atoms with van der Waals surface area (Å²) in [5.74, 6) is 0.422. The molecule has 1 radical (unpaired) electrons. The van der Waals surface area contributed by atoms with Gasteiger partial charge in [-0.2, -0.15) is 0 Å². The number of ether oxygens (including phenoxy) is 2. The van der Waals surface area contributed by atoms with Gasteiger partial charge in [-0.05, 0) is 37.6 Å². The zero-order chi connectivity index (χ0) is 16.7. The molecule has 129 valence electrons. The van der Waals surface area contributed by atoms with Gasteiger partial charge in [0.15, 0.2) is 0 Å². The van der Waals surface area contributed by atoms with Crippen LogP contribution in [0, 0.1) is 0 Å². The fraction of sp³-hybridized carbons (Fsp3) is 0.667. The Morgan fingerprint density at radius 3 is 2.52 bits per heavy atom. The highest BCUT2D eigenvalue weighted by Crippen LogP contribution is 2.33. The molecule has 4 nitrogen and oxygen atoms in total. The lowest BCUT2D eigenvalue weighted by molar-refractivity contribution is -0.198. The summed E-state index contributed by atoms with van der Waals surface area (Å²) in [6.45, 7) is 10.1. The van der Waals surface area contributed by atoms with Crippen molar-refractivity contribution in [2.45, 2.75) is 65.8 Å². The number of hydrogen-bond acceptors (Lipinski definition) is 4. The number of unbranched alkanes of at least 4 members (excludes halogenated alkanes) is 2. The summed E-state index contributed by atoms with van der Waals surface area (Å²) in [6, 6.07) is 6.21. The van der Waals surface area contributed by atoms with Crippen molar-refractivity contribution in [3.63, 3.8) is 0 Å². The molecule has 0 amide bonds. The summed E-state index contributed by atoms with van der Waals surface area (Å²) in [5.41, 5.74) is 1.08. The zero-order valence-corrected chi connectivity index (χ0v) is 15.8. The van der Waals surface area contributed by atoms with Crippen molar-refractivity contribution in [1.82, 2.24) is 0 Å². The Morgan fingerprint density at radius 2 is 1.87 bits per heavy atom. The standard InChI is InChI=1S/C18H29O4Si/c1-5-8-9-12-18(4)19-14-15-13-16(10-11-17(15)22-18)23(20-6-2)21-7-3/h10-11,13H,5-9,12,14H2,1-4H3. The van der Waals surface area contributed by atoms with Gasteiger partial charge in [0.05, 0.1) is 6.61 Å². The third-order valence-electron chi connectivity index (χ3n) is 3.94. The topological polar surface area (TPSA) is 36.9 Å². The van der Waals surface area contributed by atoms with Crippen LogP contribution in [0.4, 0.5) is 0 Å². The molecule has 1 heterocycles. The molecule has 1 unspecified atom stereocenters. The predicted molar refractivity (Wildman–Crippen MR) is 93.0 cm³/mol. The molecule has 0 bridgehead atoms. The molecule has 1 aliphatic heterocycles. The maximum Gasteiger partial charge on any atom is 0.423 e. The Kier molecular flexibility index (Phi) is 7.08. The summed E-state index contributed by atoms with van der Waals surface area (Å²) >= 11 is 0. The van der Waals surface area contributed by atoms with Gasteiger partial charge in [0.1, 0.15) is 5.75 Å². The van der Waals surface area contributed by atoms with Crippen molar-refractivity contribution in [3.8, 4) is 5.75 Å². The van der Waals surface area contributed by atoms with Crippen molar-refractivity contribution in [2.75, 3.05) is 13.2 Å². The molecule has 5 heteroatoms. The lowest BCUT2D eigenvalue weighted by atomic mass is 10.1. The van der Waals surface area contributed by atoms with E-state index in [1.807, 2.05) is 26.8 Å². The van der Waals surface area contributed by atoms with E-state index in [0.29, 0.717) is 19.8 Å². The van der Waals surface area contributed by atoms with Crippen LogP contribution in [0.25, 0.3) is 0 Å². The average Bonchev–Trinajstić information content (AvgIpc) is 2.54. The highest BCUT2D eigenvalue weighted by molar-refractivity contribution is 6.61. The van der Waals surface area contributed by atoms with E-state index < -0.39 is 15.1 Å². The monoisotopic (exact) mass is 337 g/mol. The Hall–Kier alpha value is -0.883. The maximum absolute atomic E-state index is 6.13. The summed E-state index contributed by atoms with van der Waals surface area (Å²) < 4.78 is 23.7. The van der Waals surface area contributed by atoms with Crippen LogP contribution in [0.1, 0.15) is 58.9 Å². The van der Waals surface area contributed by atoms with Crippen molar-refractivity contribution in [2.24, 2.45) is 0 Å². The number of rotatable bonds is 9. The van der Waals surface area contributed by atoms with E-state index in [1.54, 1.807) is 0 Å². The van der Waals surface area contributed by atoms with Gasteiger partial charge in [0.2, 0.25) is 5.79 Å². The smallest absolute Gasteiger partial charge is 0.423 e. The van der Waals surface area contributed by atoms with E-state index >= 15 is 0 Å². The fourth-order valence-corrected chi connectivity index (χ4v) is 4.15. The van der Waals surface area contributed by atoms with E-state index in [1.165, 1.54) is 12.8 Å². The first kappa shape index (κ1) is 18.5. The molecular weight excluding hydrogens is 308 g/mol. The van der Waals surface area contributed by atoms with E-state index in [0.717, 1.165) is 29.3 Å². The van der Waals surface area contributed by atoms with Crippen molar-refractivity contribution >= 4 is 14.5 Å². The van der Waals surface area contributed by atoms with E-state index in [4.69, 9.17) is 18.3 Å². The van der Waals surface area contributed by atoms with Crippen molar-refractivity contribution in [3.05, 3.63) is 23.8 Å². The van der Waals surface area contributed by atoms with Crippen LogP contribution in [0.15, 0.2) is 18.2 Å². The number of hydrogen-bond donors (Lipinski definition) is 0. The Morgan fingerprint density at radius 1 is 1.13 bits per heavy atom. The Labute approximate surface area is 141 Å². The first-order valence-corrected chi connectivity index (χ1v) is 10.0. The van der Waals surface area contributed by atoms with Crippen LogP contribution in [-0.2, 0) is 20.2 Å². The van der Waals surface area contributed by atoms with Gasteiger partial charge in [0, 0.05) is 32.1 Å². The largest absolute Gasteiger partial charge is 0.462 e. The molecule has 0 N–H and O–H groups in total. The second-order valence-corrected chi connectivity index (χ2v) is 7.69. The molecule has 1 aromatic rings. The molecule has 23 heavy (non-hydrogen) atoms. The molecule has 1 aromatic carbocycles. The van der Waals surface area contributed by atoms with Crippen molar-refractivity contribution < 1.29 is 18.3 Å². The van der Waals surface area contributed by atoms with E-state index in [-0.39, 0.29) is 0 Å². The molecule has 0 aromatic heterocycles. The lowest BCUT2D eigenvalue weighted by Crippen LogP contribution is -2.41. The predicted octanol–water partition coefficient (Wildman–Crippen LogP) is 3.66. The SMILES string of the molecule is CCCCCC1(C)OCc2cc([Si](OCC)OCC)ccc2O1. The van der Waals surface area contributed by atoms with E-state index in [2.05, 4.69) is 19.1 Å². The highest BCUT2D eigenvalue weighted by atomic mass is 28.3. The highest BCUT2D eigenvalue weighted by Gasteiger charge is 2.32. The Bertz CT molecular complexity index is 488. The van der Waals surface area contributed by atoms with Gasteiger partial charge < -0.3 is 18.3 Å². The third kappa shape index (κ3) is 5.04. The molecular formula is C18H29O4Si. The molecule has 1 atom stereocenters. The second-order valence-electron chi connectivity index (χ2n) is 5.96. The second kappa shape index (κ2) is 8.83. The summed E-state index contributed by atoms with van der Waals surface area (Å²) in [4.78, 5) is 0. The molecule has 0 fully saturated rings. The Balaban J connectivity index is 2.08. The van der Waals surface area contributed by atoms with Crippen LogP contribution in [0.2, 0.25) is 0 Å². The molecule has 0 aliphatic carbocycles. The molecule has 1 aliphatic rings. The molecule has 0 saturated carbocycles. The molecule has 2 rings (SSSR count). The summed E-state index contributed by atoms with van der Waals surface area (Å²) in [6.07, 6.45) is 4.47. The molecule has 0 spiro atoms. The van der Waals surface area contributed by atoms with Gasteiger partial charge in [-0.25, -0.2) is 0 Å². The van der Waals surface area contributed by atoms with Crippen LogP contribution in [0.5, 0.6) is 5.75 Å². The van der Waals surface area contributed by atoms with E-state index in [9.17, 15) is 0 Å². The first-order chi connectivity index (χ1) is 11.1. The summed E-state index contributed by atoms with van der Waals surface area (Å²) in [5, 5.41) is 1.11. The maximum atomic E-state index is 6.13. The lowest BCUT2D eigenvalue weighted by Gasteiger charge is -2.36. The van der Waals surface area contributed by atoms with Gasteiger partial charge >= 0.3 is 9.28 Å². The molecule has 0 saturated heterocycles. The number of fused-ring (bicyclic) bond motifs is 1. The normalized spacial score (nSPS) is 20.4. The zero-order valence-electron chi connectivity index (χ0n) is 14.8. The third-order valence-corrected chi connectivity index (χ3v) is 5.82. The minimum Gasteiger partial charge on any atom is -0.462 e. The first-order valence-electron chi connectivity index (χ1n) is 8.70. The minimum absolute atomic E-state index is 0.503. The fourth-order valence-electron chi connectivity index (χ4n) is 2.70. The van der Waals surface area contributed by atoms with Gasteiger partial charge in [-0.3, -0.25) is 0 Å². The number of benzene rings is 1. The van der Waals surface area contributed by atoms with Crippen molar-refractivity contribution in [1.29, 1.82) is 0 Å².